The quantitative estimate of drug-likeness (QED) is 0.734. The molecule has 16 heavy (non-hydrogen) atoms. The highest BCUT2D eigenvalue weighted by atomic mass is 16.5. The Morgan fingerprint density at radius 1 is 1.25 bits per heavy atom. The number of nitrogens with one attached hydrogen (secondary N) is 1. The minimum atomic E-state index is 0.411. The predicted molar refractivity (Wildman–Crippen MR) is 65.8 cm³/mol. The van der Waals surface area contributed by atoms with Crippen molar-refractivity contribution in [1.29, 1.82) is 0 Å². The second-order valence-electron chi connectivity index (χ2n) is 5.13. The molecule has 0 aromatic heterocycles. The van der Waals surface area contributed by atoms with Crippen molar-refractivity contribution in [3.8, 4) is 0 Å². The fraction of sp³-hybridized carbons (Fsp3) is 1.00. The Labute approximate surface area is 98.9 Å². The highest BCUT2D eigenvalue weighted by Gasteiger charge is 2.24. The topological polar surface area (TPSA) is 27.7 Å². The van der Waals surface area contributed by atoms with Crippen molar-refractivity contribution in [3.63, 3.8) is 0 Å². The molecule has 0 amide bonds. The zero-order valence-corrected chi connectivity index (χ0v) is 10.6. The summed E-state index contributed by atoms with van der Waals surface area (Å²) in [6, 6.07) is 0.648. The van der Waals surface area contributed by atoms with Gasteiger partial charge in [0.1, 0.15) is 0 Å². The number of piperazine rings is 1. The Bertz CT molecular complexity index is 204. The summed E-state index contributed by atoms with van der Waals surface area (Å²) in [5.74, 6) is 0. The van der Waals surface area contributed by atoms with E-state index in [4.69, 9.17) is 4.74 Å². The number of nitrogens with zero attached hydrogens (tertiary/aromatic N) is 2. The van der Waals surface area contributed by atoms with Gasteiger partial charge in [0.05, 0.1) is 12.7 Å². The van der Waals surface area contributed by atoms with Crippen molar-refractivity contribution in [2.24, 2.45) is 0 Å². The third-order valence-corrected chi connectivity index (χ3v) is 3.57. The molecule has 0 radical (unpaired) electrons. The zero-order chi connectivity index (χ0) is 11.4. The van der Waals surface area contributed by atoms with E-state index >= 15 is 0 Å². The molecular formula is C12H25N3O. The molecule has 0 bridgehead atoms. The van der Waals surface area contributed by atoms with Crippen LogP contribution in [0, 0.1) is 0 Å². The molecule has 2 rings (SSSR count). The summed E-state index contributed by atoms with van der Waals surface area (Å²) in [6.07, 6.45) is 0.411. The number of rotatable bonds is 3. The van der Waals surface area contributed by atoms with Crippen LogP contribution in [-0.2, 0) is 4.74 Å². The first-order chi connectivity index (χ1) is 7.75. The van der Waals surface area contributed by atoms with Gasteiger partial charge in [0, 0.05) is 51.9 Å². The molecule has 4 nitrogen and oxygen atoms in total. The molecule has 0 aromatic rings. The van der Waals surface area contributed by atoms with E-state index in [-0.39, 0.29) is 0 Å². The Hall–Kier alpha value is -0.160. The molecule has 2 fully saturated rings. The van der Waals surface area contributed by atoms with Gasteiger partial charge in [-0.2, -0.15) is 0 Å². The van der Waals surface area contributed by atoms with Crippen LogP contribution in [0.3, 0.4) is 0 Å². The van der Waals surface area contributed by atoms with Crippen LogP contribution in [0.2, 0.25) is 0 Å². The highest BCUT2D eigenvalue weighted by Crippen LogP contribution is 2.10. The van der Waals surface area contributed by atoms with Crippen molar-refractivity contribution < 1.29 is 4.74 Å². The minimum Gasteiger partial charge on any atom is -0.374 e. The third kappa shape index (κ3) is 3.42. The standard InChI is InChI=1S/C12H25N3O/c1-11(2)15-7-8-16-12(10-15)9-14-5-3-13-4-6-14/h11-13H,3-10H2,1-2H3/t12-/m1/s1. The molecule has 94 valence electrons. The Kier molecular flexibility index (Phi) is 4.58. The average Bonchev–Trinajstić information content (AvgIpc) is 2.30. The van der Waals surface area contributed by atoms with Crippen LogP contribution in [0.4, 0.5) is 0 Å². The molecule has 2 aliphatic rings. The lowest BCUT2D eigenvalue weighted by atomic mass is 10.2. The summed E-state index contributed by atoms with van der Waals surface area (Å²) in [4.78, 5) is 5.04. The summed E-state index contributed by atoms with van der Waals surface area (Å²) < 4.78 is 5.86. The Balaban J connectivity index is 1.75. The van der Waals surface area contributed by atoms with Gasteiger partial charge in [0.25, 0.3) is 0 Å². The van der Waals surface area contributed by atoms with Gasteiger partial charge in [0.2, 0.25) is 0 Å². The molecule has 2 saturated heterocycles. The van der Waals surface area contributed by atoms with E-state index in [1.165, 1.54) is 13.1 Å². The van der Waals surface area contributed by atoms with E-state index in [9.17, 15) is 0 Å². The van der Waals surface area contributed by atoms with Gasteiger partial charge in [0.15, 0.2) is 0 Å². The number of hydrogen-bond donors (Lipinski definition) is 1. The molecule has 0 aromatic carbocycles. The van der Waals surface area contributed by atoms with E-state index in [2.05, 4.69) is 29.0 Å². The highest BCUT2D eigenvalue weighted by molar-refractivity contribution is 4.78. The van der Waals surface area contributed by atoms with Crippen molar-refractivity contribution in [2.75, 3.05) is 52.4 Å². The second-order valence-corrected chi connectivity index (χ2v) is 5.13. The molecular weight excluding hydrogens is 202 g/mol. The van der Waals surface area contributed by atoms with E-state index in [0.29, 0.717) is 12.1 Å². The summed E-state index contributed by atoms with van der Waals surface area (Å²) in [5, 5.41) is 3.39. The van der Waals surface area contributed by atoms with Crippen LogP contribution in [0.15, 0.2) is 0 Å². The number of morpholine rings is 1. The van der Waals surface area contributed by atoms with Crippen molar-refractivity contribution >= 4 is 0 Å². The predicted octanol–water partition coefficient (Wildman–Crippen LogP) is 0.000800. The lowest BCUT2D eigenvalue weighted by Crippen LogP contribution is -2.52. The maximum atomic E-state index is 5.86. The Morgan fingerprint density at radius 3 is 2.69 bits per heavy atom. The molecule has 2 aliphatic heterocycles. The van der Waals surface area contributed by atoms with Gasteiger partial charge >= 0.3 is 0 Å². The van der Waals surface area contributed by atoms with Crippen molar-refractivity contribution in [3.05, 3.63) is 0 Å². The number of ether oxygens (including phenoxy) is 1. The molecule has 0 saturated carbocycles. The molecule has 1 N–H and O–H groups in total. The first-order valence-electron chi connectivity index (χ1n) is 6.54. The van der Waals surface area contributed by atoms with Crippen LogP contribution in [0.25, 0.3) is 0 Å². The van der Waals surface area contributed by atoms with Crippen molar-refractivity contribution in [2.45, 2.75) is 26.0 Å². The van der Waals surface area contributed by atoms with Crippen molar-refractivity contribution in [1.82, 2.24) is 15.1 Å². The van der Waals surface area contributed by atoms with E-state index in [0.717, 1.165) is 39.3 Å². The average molecular weight is 227 g/mol. The van der Waals surface area contributed by atoms with Gasteiger partial charge in [-0.1, -0.05) is 0 Å². The molecule has 0 spiro atoms. The minimum absolute atomic E-state index is 0.411. The molecule has 0 unspecified atom stereocenters. The first-order valence-corrected chi connectivity index (χ1v) is 6.54. The van der Waals surface area contributed by atoms with Crippen LogP contribution < -0.4 is 5.32 Å². The lowest BCUT2D eigenvalue weighted by Gasteiger charge is -2.38. The van der Waals surface area contributed by atoms with Crippen LogP contribution in [0.1, 0.15) is 13.8 Å². The van der Waals surface area contributed by atoms with Gasteiger partial charge < -0.3 is 10.1 Å². The van der Waals surface area contributed by atoms with E-state index in [1.807, 2.05) is 0 Å². The summed E-state index contributed by atoms with van der Waals surface area (Å²) >= 11 is 0. The Morgan fingerprint density at radius 2 is 2.00 bits per heavy atom. The SMILES string of the molecule is CC(C)N1CCO[C@H](CN2CCNCC2)C1. The van der Waals surface area contributed by atoms with Gasteiger partial charge in [-0.05, 0) is 13.8 Å². The first kappa shape index (κ1) is 12.3. The fourth-order valence-electron chi connectivity index (χ4n) is 2.50. The van der Waals surface area contributed by atoms with Gasteiger partial charge in [-0.15, -0.1) is 0 Å². The molecule has 0 aliphatic carbocycles. The van der Waals surface area contributed by atoms with Gasteiger partial charge in [-0.3, -0.25) is 9.80 Å². The monoisotopic (exact) mass is 227 g/mol. The summed E-state index contributed by atoms with van der Waals surface area (Å²) in [7, 11) is 0. The largest absolute Gasteiger partial charge is 0.374 e. The molecule has 4 heteroatoms. The molecule has 2 heterocycles. The summed E-state index contributed by atoms with van der Waals surface area (Å²) in [6.45, 7) is 13.3. The zero-order valence-electron chi connectivity index (χ0n) is 10.6. The smallest absolute Gasteiger partial charge is 0.0829 e. The van der Waals surface area contributed by atoms with Crippen LogP contribution in [0.5, 0.6) is 0 Å². The van der Waals surface area contributed by atoms with Crippen LogP contribution >= 0.6 is 0 Å². The molecule has 1 atom stereocenters. The second kappa shape index (κ2) is 5.96. The van der Waals surface area contributed by atoms with Gasteiger partial charge in [-0.25, -0.2) is 0 Å². The summed E-state index contributed by atoms with van der Waals surface area (Å²) in [5.41, 5.74) is 0. The normalized spacial score (nSPS) is 29.8. The fourth-order valence-corrected chi connectivity index (χ4v) is 2.50. The maximum absolute atomic E-state index is 5.86. The lowest BCUT2D eigenvalue weighted by molar-refractivity contribution is -0.0530. The van der Waals surface area contributed by atoms with E-state index in [1.54, 1.807) is 0 Å². The number of hydrogen-bond acceptors (Lipinski definition) is 4. The van der Waals surface area contributed by atoms with E-state index < -0.39 is 0 Å². The van der Waals surface area contributed by atoms with Crippen LogP contribution in [-0.4, -0.2) is 74.4 Å². The maximum Gasteiger partial charge on any atom is 0.0829 e. The third-order valence-electron chi connectivity index (χ3n) is 3.57.